The maximum absolute atomic E-state index is 3.73. The highest BCUT2D eigenvalue weighted by molar-refractivity contribution is 5.26. The molecule has 2 nitrogen and oxygen atoms in total. The maximum Gasteiger partial charge on any atom is 0.0230 e. The van der Waals surface area contributed by atoms with E-state index in [1.54, 1.807) is 0 Å². The molecule has 1 aromatic carbocycles. The Bertz CT molecular complexity index is 341. The second kappa shape index (κ2) is 9.11. The van der Waals surface area contributed by atoms with Crippen LogP contribution in [0.25, 0.3) is 0 Å². The van der Waals surface area contributed by atoms with E-state index in [4.69, 9.17) is 0 Å². The summed E-state index contributed by atoms with van der Waals surface area (Å²) in [5.74, 6) is 0. The van der Waals surface area contributed by atoms with Crippen molar-refractivity contribution in [3.05, 3.63) is 35.4 Å². The van der Waals surface area contributed by atoms with Crippen LogP contribution in [0.5, 0.6) is 0 Å². The number of benzene rings is 1. The molecule has 108 valence electrons. The normalized spacial score (nSPS) is 11.5. The Kier molecular flexibility index (Phi) is 7.76. The first-order valence-electron chi connectivity index (χ1n) is 7.62. The lowest BCUT2D eigenvalue weighted by molar-refractivity contribution is 0.397. The molecule has 0 unspecified atom stereocenters. The third kappa shape index (κ3) is 6.22. The summed E-state index contributed by atoms with van der Waals surface area (Å²) in [7, 11) is 4.25. The molecule has 2 heteroatoms. The van der Waals surface area contributed by atoms with Crippen LogP contribution >= 0.6 is 0 Å². The molecule has 1 N–H and O–H groups in total. The molecule has 0 aliphatic heterocycles. The maximum atomic E-state index is 3.73. The van der Waals surface area contributed by atoms with Gasteiger partial charge in [-0.2, -0.15) is 0 Å². The average molecular weight is 262 g/mol. The van der Waals surface area contributed by atoms with Crippen LogP contribution in [0.15, 0.2) is 24.3 Å². The summed E-state index contributed by atoms with van der Waals surface area (Å²) in [6.45, 7) is 6.55. The molecule has 0 saturated heterocycles. The number of hydrogen-bond acceptors (Lipinski definition) is 2. The topological polar surface area (TPSA) is 15.3 Å². The molecule has 0 aromatic heterocycles. The molecule has 0 spiro atoms. The summed E-state index contributed by atoms with van der Waals surface area (Å²) in [5, 5.41) is 3.73. The van der Waals surface area contributed by atoms with Gasteiger partial charge in [0.1, 0.15) is 0 Å². The average Bonchev–Trinajstić information content (AvgIpc) is 2.37. The van der Waals surface area contributed by atoms with Gasteiger partial charge in [-0.3, -0.25) is 0 Å². The molecule has 19 heavy (non-hydrogen) atoms. The third-order valence-corrected chi connectivity index (χ3v) is 3.46. The summed E-state index contributed by atoms with van der Waals surface area (Å²) in [6, 6.07) is 9.44. The fraction of sp³-hybridized carbons (Fsp3) is 0.647. The van der Waals surface area contributed by atoms with Crippen molar-refractivity contribution in [2.24, 2.45) is 0 Å². The highest BCUT2D eigenvalue weighted by Crippen LogP contribution is 2.12. The molecule has 0 bridgehead atoms. The first-order chi connectivity index (χ1) is 9.17. The molecule has 0 saturated carbocycles. The van der Waals surface area contributed by atoms with E-state index in [0.29, 0.717) is 6.04 Å². The number of nitrogens with zero attached hydrogens (tertiary/aromatic N) is 1. The van der Waals surface area contributed by atoms with Gasteiger partial charge in [-0.1, -0.05) is 51.0 Å². The van der Waals surface area contributed by atoms with Crippen LogP contribution in [-0.2, 0) is 13.1 Å². The molecule has 1 rings (SSSR count). The zero-order chi connectivity index (χ0) is 14.1. The van der Waals surface area contributed by atoms with Crippen LogP contribution in [0.3, 0.4) is 0 Å². The smallest absolute Gasteiger partial charge is 0.0230 e. The minimum atomic E-state index is 0.669. The summed E-state index contributed by atoms with van der Waals surface area (Å²) in [4.78, 5) is 2.23. The van der Waals surface area contributed by atoms with Gasteiger partial charge in [0.05, 0.1) is 0 Å². The summed E-state index contributed by atoms with van der Waals surface area (Å²) in [6.07, 6.45) is 5.08. The zero-order valence-electron chi connectivity index (χ0n) is 13.1. The molecule has 0 amide bonds. The van der Waals surface area contributed by atoms with Crippen molar-refractivity contribution in [2.75, 3.05) is 14.1 Å². The van der Waals surface area contributed by atoms with Gasteiger partial charge in [0.25, 0.3) is 0 Å². The van der Waals surface area contributed by atoms with Gasteiger partial charge in [0.2, 0.25) is 0 Å². The predicted octanol–water partition coefficient (Wildman–Crippen LogP) is 3.81. The van der Waals surface area contributed by atoms with E-state index in [9.17, 15) is 0 Å². The lowest BCUT2D eigenvalue weighted by Gasteiger charge is -2.19. The standard InChI is InChI=1S/C17H30N2/c1-5-9-17(10-6-2)18-13-15-11-7-8-12-16(15)14-19(3)4/h7-8,11-12,17-18H,5-6,9-10,13-14H2,1-4H3. The Labute approximate surface area is 119 Å². The zero-order valence-corrected chi connectivity index (χ0v) is 13.1. The minimum Gasteiger partial charge on any atom is -0.310 e. The molecular formula is C17H30N2. The highest BCUT2D eigenvalue weighted by atomic mass is 15.0. The highest BCUT2D eigenvalue weighted by Gasteiger charge is 2.08. The predicted molar refractivity (Wildman–Crippen MR) is 84.3 cm³/mol. The fourth-order valence-corrected chi connectivity index (χ4v) is 2.52. The van der Waals surface area contributed by atoms with Crippen molar-refractivity contribution >= 4 is 0 Å². The van der Waals surface area contributed by atoms with Crippen molar-refractivity contribution in [1.29, 1.82) is 0 Å². The van der Waals surface area contributed by atoms with Gasteiger partial charge >= 0.3 is 0 Å². The van der Waals surface area contributed by atoms with Gasteiger partial charge in [0.15, 0.2) is 0 Å². The number of rotatable bonds is 9. The van der Waals surface area contributed by atoms with Crippen molar-refractivity contribution < 1.29 is 0 Å². The Morgan fingerprint density at radius 3 is 2.11 bits per heavy atom. The van der Waals surface area contributed by atoms with Crippen molar-refractivity contribution in [3.63, 3.8) is 0 Å². The van der Waals surface area contributed by atoms with Crippen molar-refractivity contribution in [2.45, 2.75) is 58.7 Å². The number of hydrogen-bond donors (Lipinski definition) is 1. The monoisotopic (exact) mass is 262 g/mol. The molecule has 0 fully saturated rings. The Balaban J connectivity index is 2.59. The summed E-state index contributed by atoms with van der Waals surface area (Å²) < 4.78 is 0. The molecule has 0 aliphatic carbocycles. The lowest BCUT2D eigenvalue weighted by atomic mass is 10.0. The van der Waals surface area contributed by atoms with E-state index in [1.807, 2.05) is 0 Å². The van der Waals surface area contributed by atoms with Crippen LogP contribution in [0.1, 0.15) is 50.7 Å². The summed E-state index contributed by atoms with van der Waals surface area (Å²) >= 11 is 0. The quantitative estimate of drug-likeness (QED) is 0.728. The Morgan fingerprint density at radius 1 is 1.00 bits per heavy atom. The van der Waals surface area contributed by atoms with Gasteiger partial charge < -0.3 is 10.2 Å². The van der Waals surface area contributed by atoms with E-state index in [2.05, 4.69) is 62.4 Å². The van der Waals surface area contributed by atoms with E-state index in [-0.39, 0.29) is 0 Å². The van der Waals surface area contributed by atoms with Crippen LogP contribution < -0.4 is 5.32 Å². The lowest BCUT2D eigenvalue weighted by Crippen LogP contribution is -2.29. The fourth-order valence-electron chi connectivity index (χ4n) is 2.52. The summed E-state index contributed by atoms with van der Waals surface area (Å²) in [5.41, 5.74) is 2.88. The first-order valence-corrected chi connectivity index (χ1v) is 7.62. The molecular weight excluding hydrogens is 232 g/mol. The van der Waals surface area contributed by atoms with Crippen LogP contribution in [0.4, 0.5) is 0 Å². The minimum absolute atomic E-state index is 0.669. The molecule has 0 aliphatic rings. The van der Waals surface area contributed by atoms with E-state index in [1.165, 1.54) is 36.8 Å². The second-order valence-corrected chi connectivity index (χ2v) is 5.66. The first kappa shape index (κ1) is 16.2. The van der Waals surface area contributed by atoms with Crippen LogP contribution in [-0.4, -0.2) is 25.0 Å². The second-order valence-electron chi connectivity index (χ2n) is 5.66. The van der Waals surface area contributed by atoms with Crippen molar-refractivity contribution in [3.8, 4) is 0 Å². The van der Waals surface area contributed by atoms with E-state index >= 15 is 0 Å². The van der Waals surface area contributed by atoms with Gasteiger partial charge in [-0.15, -0.1) is 0 Å². The van der Waals surface area contributed by atoms with Crippen LogP contribution in [0.2, 0.25) is 0 Å². The largest absolute Gasteiger partial charge is 0.310 e. The van der Waals surface area contributed by atoms with Crippen LogP contribution in [0, 0.1) is 0 Å². The SMILES string of the molecule is CCCC(CCC)NCc1ccccc1CN(C)C. The Morgan fingerprint density at radius 2 is 1.58 bits per heavy atom. The van der Waals surface area contributed by atoms with E-state index in [0.717, 1.165) is 13.1 Å². The molecule has 0 radical (unpaired) electrons. The molecule has 1 aromatic rings. The van der Waals surface area contributed by atoms with Gasteiger partial charge in [-0.25, -0.2) is 0 Å². The van der Waals surface area contributed by atoms with Crippen molar-refractivity contribution in [1.82, 2.24) is 10.2 Å². The molecule has 0 atom stereocenters. The Hall–Kier alpha value is -0.860. The van der Waals surface area contributed by atoms with Gasteiger partial charge in [-0.05, 0) is 38.1 Å². The molecule has 0 heterocycles. The third-order valence-electron chi connectivity index (χ3n) is 3.46. The number of nitrogens with one attached hydrogen (secondary N) is 1. The van der Waals surface area contributed by atoms with Gasteiger partial charge in [0, 0.05) is 19.1 Å². The van der Waals surface area contributed by atoms with E-state index < -0.39 is 0 Å².